The number of likely N-dealkylation sites (tertiary alicyclic amines) is 1. The third kappa shape index (κ3) is 6.30. The second-order valence-corrected chi connectivity index (χ2v) is 7.77. The first-order valence-electron chi connectivity index (χ1n) is 8.82. The van der Waals surface area contributed by atoms with Crippen LogP contribution in [0.4, 0.5) is 0 Å². The molecule has 1 aromatic rings. The first-order chi connectivity index (χ1) is 11.7. The monoisotopic (exact) mass is 476 g/mol. The number of aliphatic hydroxyl groups excluding tert-OH is 1. The number of halogens is 1. The summed E-state index contributed by atoms with van der Waals surface area (Å²) in [4.78, 5) is 9.24. The van der Waals surface area contributed by atoms with Gasteiger partial charge in [-0.3, -0.25) is 4.90 Å². The van der Waals surface area contributed by atoms with Crippen LogP contribution in [0, 0.1) is 0 Å². The molecule has 140 valence electrons. The second kappa shape index (κ2) is 10.6. The average Bonchev–Trinajstić information content (AvgIpc) is 2.63. The first-order valence-corrected chi connectivity index (χ1v) is 9.97. The van der Waals surface area contributed by atoms with Crippen LogP contribution in [0.1, 0.15) is 24.0 Å². The van der Waals surface area contributed by atoms with Gasteiger partial charge in [-0.25, -0.2) is 4.99 Å². The number of thioether (sulfide) groups is 1. The maximum Gasteiger partial charge on any atom is 0.191 e. The lowest BCUT2D eigenvalue weighted by Crippen LogP contribution is -2.42. The van der Waals surface area contributed by atoms with E-state index in [0.717, 1.165) is 57.1 Å². The Kier molecular flexibility index (Phi) is 8.81. The van der Waals surface area contributed by atoms with Crippen molar-refractivity contribution in [2.75, 3.05) is 37.7 Å². The van der Waals surface area contributed by atoms with Gasteiger partial charge in [0.2, 0.25) is 0 Å². The summed E-state index contributed by atoms with van der Waals surface area (Å²) in [7, 11) is 0. The zero-order chi connectivity index (χ0) is 16.8. The second-order valence-electron chi connectivity index (χ2n) is 6.55. The van der Waals surface area contributed by atoms with E-state index in [0.29, 0.717) is 12.5 Å². The molecule has 2 aliphatic rings. The molecular weight excluding hydrogens is 447 g/mol. The predicted molar refractivity (Wildman–Crippen MR) is 117 cm³/mol. The van der Waals surface area contributed by atoms with E-state index in [4.69, 9.17) is 5.73 Å². The van der Waals surface area contributed by atoms with Gasteiger partial charge in [0.05, 0.1) is 12.6 Å². The molecule has 0 amide bonds. The smallest absolute Gasteiger partial charge is 0.191 e. The van der Waals surface area contributed by atoms with Crippen molar-refractivity contribution in [2.24, 2.45) is 10.7 Å². The summed E-state index contributed by atoms with van der Waals surface area (Å²) in [6.45, 7) is 5.50. The molecule has 0 atom stereocenters. The number of nitrogens with zero attached hydrogens (tertiary/aromatic N) is 3. The third-order valence-corrected chi connectivity index (χ3v) is 5.76. The molecule has 0 saturated carbocycles. The zero-order valence-corrected chi connectivity index (χ0v) is 17.8. The SMILES string of the molecule is I.NC(=NCc1ccccc1CN1CCC(O)CC1)N1CCSCC1. The average molecular weight is 476 g/mol. The molecule has 0 radical (unpaired) electrons. The van der Waals surface area contributed by atoms with Crippen LogP contribution < -0.4 is 5.73 Å². The van der Waals surface area contributed by atoms with Crippen molar-refractivity contribution in [2.45, 2.75) is 32.0 Å². The fraction of sp³-hybridized carbons (Fsp3) is 0.611. The molecule has 7 heteroatoms. The first kappa shape index (κ1) is 20.8. The van der Waals surface area contributed by atoms with Gasteiger partial charge in [0.15, 0.2) is 5.96 Å². The van der Waals surface area contributed by atoms with E-state index in [1.807, 2.05) is 11.8 Å². The molecule has 2 saturated heterocycles. The van der Waals surface area contributed by atoms with E-state index in [2.05, 4.69) is 39.1 Å². The zero-order valence-electron chi connectivity index (χ0n) is 14.6. The van der Waals surface area contributed by atoms with Crippen LogP contribution in [0.25, 0.3) is 0 Å². The standard InChI is InChI=1S/C18H28N4OS.HI/c19-18(22-9-11-24-12-10-22)20-13-15-3-1-2-4-16(15)14-21-7-5-17(23)6-8-21;/h1-4,17,23H,5-14H2,(H2,19,20);1H. The highest BCUT2D eigenvalue weighted by atomic mass is 127. The van der Waals surface area contributed by atoms with Gasteiger partial charge in [-0.15, -0.1) is 24.0 Å². The molecule has 2 heterocycles. The largest absolute Gasteiger partial charge is 0.393 e. The molecule has 0 aliphatic carbocycles. The van der Waals surface area contributed by atoms with E-state index in [-0.39, 0.29) is 30.1 Å². The highest BCUT2D eigenvalue weighted by Crippen LogP contribution is 2.17. The molecule has 2 aliphatic heterocycles. The minimum atomic E-state index is -0.122. The number of piperidine rings is 1. The minimum Gasteiger partial charge on any atom is -0.393 e. The number of hydrogen-bond donors (Lipinski definition) is 2. The van der Waals surface area contributed by atoms with E-state index >= 15 is 0 Å². The molecule has 3 N–H and O–H groups in total. The van der Waals surface area contributed by atoms with Gasteiger partial charge in [0.25, 0.3) is 0 Å². The van der Waals surface area contributed by atoms with Crippen LogP contribution in [-0.2, 0) is 13.1 Å². The molecular formula is C18H29IN4OS. The van der Waals surface area contributed by atoms with Crippen molar-refractivity contribution in [3.05, 3.63) is 35.4 Å². The van der Waals surface area contributed by atoms with Crippen LogP contribution in [0.2, 0.25) is 0 Å². The van der Waals surface area contributed by atoms with Crippen molar-refractivity contribution in [1.29, 1.82) is 0 Å². The molecule has 0 unspecified atom stereocenters. The van der Waals surface area contributed by atoms with Crippen LogP contribution in [-0.4, -0.2) is 64.7 Å². The molecule has 0 aromatic heterocycles. The Morgan fingerprint density at radius 1 is 1.12 bits per heavy atom. The van der Waals surface area contributed by atoms with Crippen molar-refractivity contribution in [1.82, 2.24) is 9.80 Å². The summed E-state index contributed by atoms with van der Waals surface area (Å²) in [5, 5.41) is 9.65. The lowest BCUT2D eigenvalue weighted by Gasteiger charge is -2.30. The van der Waals surface area contributed by atoms with Crippen molar-refractivity contribution in [3.63, 3.8) is 0 Å². The maximum atomic E-state index is 9.65. The van der Waals surface area contributed by atoms with E-state index in [9.17, 15) is 5.11 Å². The highest BCUT2D eigenvalue weighted by molar-refractivity contribution is 14.0. The summed E-state index contributed by atoms with van der Waals surface area (Å²) in [6, 6.07) is 8.50. The Balaban J connectivity index is 0.00000225. The fourth-order valence-corrected chi connectivity index (χ4v) is 4.15. The molecule has 3 rings (SSSR count). The number of aliphatic hydroxyl groups is 1. The highest BCUT2D eigenvalue weighted by Gasteiger charge is 2.18. The summed E-state index contributed by atoms with van der Waals surface area (Å²) in [5.41, 5.74) is 8.74. The van der Waals surface area contributed by atoms with Crippen LogP contribution in [0.5, 0.6) is 0 Å². The van der Waals surface area contributed by atoms with Crippen LogP contribution >= 0.6 is 35.7 Å². The van der Waals surface area contributed by atoms with Crippen LogP contribution in [0.3, 0.4) is 0 Å². The Morgan fingerprint density at radius 2 is 1.76 bits per heavy atom. The van der Waals surface area contributed by atoms with Gasteiger partial charge in [-0.2, -0.15) is 11.8 Å². The summed E-state index contributed by atoms with van der Waals surface area (Å²) < 4.78 is 0. The number of aliphatic imine (C=N–C) groups is 1. The van der Waals surface area contributed by atoms with Gasteiger partial charge < -0.3 is 15.7 Å². The van der Waals surface area contributed by atoms with Crippen molar-refractivity contribution in [3.8, 4) is 0 Å². The Labute approximate surface area is 172 Å². The number of nitrogens with two attached hydrogens (primary N) is 1. The quantitative estimate of drug-likeness (QED) is 0.396. The molecule has 0 spiro atoms. The molecule has 25 heavy (non-hydrogen) atoms. The number of hydrogen-bond acceptors (Lipinski definition) is 4. The van der Waals surface area contributed by atoms with Gasteiger partial charge in [-0.05, 0) is 24.0 Å². The summed E-state index contributed by atoms with van der Waals surface area (Å²) in [5.74, 6) is 2.94. The van der Waals surface area contributed by atoms with Crippen LogP contribution in [0.15, 0.2) is 29.3 Å². The Hall–Kier alpha value is -0.510. The molecule has 2 fully saturated rings. The summed E-state index contributed by atoms with van der Waals surface area (Å²) in [6.07, 6.45) is 1.63. The molecule has 1 aromatic carbocycles. The normalized spacial score (nSPS) is 20.4. The fourth-order valence-electron chi connectivity index (χ4n) is 3.24. The predicted octanol–water partition coefficient (Wildman–Crippen LogP) is 2.12. The Morgan fingerprint density at radius 3 is 2.44 bits per heavy atom. The maximum absolute atomic E-state index is 9.65. The minimum absolute atomic E-state index is 0. The van der Waals surface area contributed by atoms with Crippen molar-refractivity contribution >= 4 is 41.7 Å². The van der Waals surface area contributed by atoms with Gasteiger partial charge >= 0.3 is 0 Å². The lowest BCUT2D eigenvalue weighted by atomic mass is 10.0. The van der Waals surface area contributed by atoms with Crippen molar-refractivity contribution < 1.29 is 5.11 Å². The molecule has 5 nitrogen and oxygen atoms in total. The van der Waals surface area contributed by atoms with E-state index in [1.165, 1.54) is 11.1 Å². The third-order valence-electron chi connectivity index (χ3n) is 4.82. The van der Waals surface area contributed by atoms with E-state index in [1.54, 1.807) is 0 Å². The Bertz CT molecular complexity index is 558. The van der Waals surface area contributed by atoms with E-state index < -0.39 is 0 Å². The van der Waals surface area contributed by atoms with Gasteiger partial charge in [0, 0.05) is 44.2 Å². The number of rotatable bonds is 4. The number of benzene rings is 1. The lowest BCUT2D eigenvalue weighted by molar-refractivity contribution is 0.0791. The van der Waals surface area contributed by atoms with Gasteiger partial charge in [0.1, 0.15) is 0 Å². The van der Waals surface area contributed by atoms with Gasteiger partial charge in [-0.1, -0.05) is 24.3 Å². The summed E-state index contributed by atoms with van der Waals surface area (Å²) >= 11 is 1.98. The molecule has 0 bridgehead atoms. The topological polar surface area (TPSA) is 65.1 Å². The number of guanidine groups is 1.